The highest BCUT2D eigenvalue weighted by Gasteiger charge is 2.33. The predicted molar refractivity (Wildman–Crippen MR) is 90.0 cm³/mol. The van der Waals surface area contributed by atoms with Gasteiger partial charge in [0, 0.05) is 43.8 Å². The number of carbonyl (C=O) groups is 3. The fraction of sp³-hybridized carbons (Fsp3) is 0.438. The number of hydrogen-bond acceptors (Lipinski definition) is 3. The topological polar surface area (TPSA) is 73.0 Å². The molecule has 24 heavy (non-hydrogen) atoms. The van der Waals surface area contributed by atoms with Crippen LogP contribution in [0.3, 0.4) is 0 Å². The Balaban J connectivity index is 1.56. The molecule has 7 nitrogen and oxygen atoms in total. The molecule has 0 bridgehead atoms. The molecule has 0 spiro atoms. The molecule has 2 heterocycles. The van der Waals surface area contributed by atoms with Gasteiger partial charge in [-0.1, -0.05) is 17.7 Å². The Morgan fingerprint density at radius 2 is 2.12 bits per heavy atom. The van der Waals surface area contributed by atoms with Crippen molar-refractivity contribution in [2.45, 2.75) is 12.5 Å². The van der Waals surface area contributed by atoms with Gasteiger partial charge in [0.1, 0.15) is 6.54 Å². The Hall–Kier alpha value is -2.28. The van der Waals surface area contributed by atoms with Gasteiger partial charge in [-0.2, -0.15) is 0 Å². The van der Waals surface area contributed by atoms with Gasteiger partial charge < -0.3 is 20.0 Å². The van der Waals surface area contributed by atoms with Crippen LogP contribution in [-0.4, -0.2) is 66.9 Å². The van der Waals surface area contributed by atoms with Crippen molar-refractivity contribution >= 4 is 35.1 Å². The van der Waals surface area contributed by atoms with Crippen LogP contribution in [-0.2, 0) is 9.59 Å². The van der Waals surface area contributed by atoms with E-state index in [9.17, 15) is 14.4 Å². The summed E-state index contributed by atoms with van der Waals surface area (Å²) in [4.78, 5) is 40.8. The first-order valence-electron chi connectivity index (χ1n) is 7.79. The summed E-state index contributed by atoms with van der Waals surface area (Å²) in [6.45, 7) is 1.58. The quantitative estimate of drug-likeness (QED) is 0.878. The molecule has 2 fully saturated rings. The Morgan fingerprint density at radius 1 is 1.33 bits per heavy atom. The first-order valence-corrected chi connectivity index (χ1v) is 8.17. The van der Waals surface area contributed by atoms with Crippen molar-refractivity contribution in [1.82, 2.24) is 15.1 Å². The number of benzene rings is 1. The third-order valence-corrected chi connectivity index (χ3v) is 4.48. The van der Waals surface area contributed by atoms with Crippen molar-refractivity contribution in [1.29, 1.82) is 0 Å². The highest BCUT2D eigenvalue weighted by atomic mass is 35.5. The van der Waals surface area contributed by atoms with E-state index in [2.05, 4.69) is 5.32 Å². The first-order chi connectivity index (χ1) is 11.4. The zero-order valence-electron chi connectivity index (χ0n) is 13.4. The third-order valence-electron chi connectivity index (χ3n) is 4.25. The maximum Gasteiger partial charge on any atom is 0.320 e. The van der Waals surface area contributed by atoms with E-state index in [-0.39, 0.29) is 36.9 Å². The van der Waals surface area contributed by atoms with Gasteiger partial charge in [-0.25, -0.2) is 4.79 Å². The lowest BCUT2D eigenvalue weighted by Crippen LogP contribution is -2.44. The van der Waals surface area contributed by atoms with Crippen LogP contribution in [0.1, 0.15) is 6.42 Å². The second-order valence-electron chi connectivity index (χ2n) is 6.08. The highest BCUT2D eigenvalue weighted by Crippen LogP contribution is 2.24. The largest absolute Gasteiger partial charge is 0.350 e. The summed E-state index contributed by atoms with van der Waals surface area (Å²) in [7, 11) is 1.71. The van der Waals surface area contributed by atoms with Crippen LogP contribution >= 0.6 is 11.6 Å². The lowest BCUT2D eigenvalue weighted by molar-refractivity contribution is -0.122. The van der Waals surface area contributed by atoms with E-state index < -0.39 is 0 Å². The Bertz CT molecular complexity index is 681. The number of anilines is 1. The molecule has 1 aromatic carbocycles. The van der Waals surface area contributed by atoms with Crippen molar-refractivity contribution in [2.24, 2.45) is 0 Å². The summed E-state index contributed by atoms with van der Waals surface area (Å²) in [5.41, 5.74) is 0.723. The van der Waals surface area contributed by atoms with E-state index in [0.717, 1.165) is 5.69 Å². The highest BCUT2D eigenvalue weighted by molar-refractivity contribution is 6.30. The van der Waals surface area contributed by atoms with E-state index in [1.165, 1.54) is 4.90 Å². The minimum Gasteiger partial charge on any atom is -0.350 e. The maximum atomic E-state index is 12.2. The number of nitrogens with one attached hydrogen (secondary N) is 1. The molecule has 2 aliphatic rings. The minimum absolute atomic E-state index is 0.0189. The van der Waals surface area contributed by atoms with Gasteiger partial charge >= 0.3 is 6.03 Å². The van der Waals surface area contributed by atoms with Crippen LogP contribution in [0.5, 0.6) is 0 Å². The molecular formula is C16H19ClN4O3. The smallest absolute Gasteiger partial charge is 0.320 e. The Labute approximate surface area is 145 Å². The third kappa shape index (κ3) is 3.46. The number of hydrogen-bond donors (Lipinski definition) is 1. The lowest BCUT2D eigenvalue weighted by Gasteiger charge is -2.19. The average molecular weight is 351 g/mol. The van der Waals surface area contributed by atoms with Crippen molar-refractivity contribution < 1.29 is 14.4 Å². The molecule has 1 aromatic rings. The van der Waals surface area contributed by atoms with Crippen LogP contribution in [0.15, 0.2) is 24.3 Å². The molecule has 0 unspecified atom stereocenters. The van der Waals surface area contributed by atoms with E-state index >= 15 is 0 Å². The van der Waals surface area contributed by atoms with Crippen molar-refractivity contribution in [3.8, 4) is 0 Å². The molecule has 2 aliphatic heterocycles. The number of amides is 4. The molecule has 1 atom stereocenters. The zero-order chi connectivity index (χ0) is 17.3. The fourth-order valence-corrected chi connectivity index (χ4v) is 3.18. The van der Waals surface area contributed by atoms with E-state index in [1.54, 1.807) is 35.0 Å². The maximum absolute atomic E-state index is 12.2. The molecule has 2 saturated heterocycles. The van der Waals surface area contributed by atoms with Crippen LogP contribution in [0.25, 0.3) is 0 Å². The Kier molecular flexibility index (Phi) is 4.62. The lowest BCUT2D eigenvalue weighted by atomic mass is 10.2. The second-order valence-corrected chi connectivity index (χ2v) is 6.51. The van der Waals surface area contributed by atoms with E-state index in [4.69, 9.17) is 11.6 Å². The standard InChI is InChI=1S/C16H19ClN4O3/c1-19-5-6-20(16(19)24)10-14(22)18-12-8-15(23)21(9-12)13-4-2-3-11(17)7-13/h2-4,7,12H,5-6,8-10H2,1H3,(H,18,22)/t12-/m1/s1. The fourth-order valence-electron chi connectivity index (χ4n) is 2.99. The summed E-state index contributed by atoms with van der Waals surface area (Å²) in [5.74, 6) is -0.302. The van der Waals surface area contributed by atoms with Crippen LogP contribution < -0.4 is 10.2 Å². The van der Waals surface area contributed by atoms with Gasteiger partial charge in [0.2, 0.25) is 11.8 Å². The first kappa shape index (κ1) is 16.6. The molecule has 128 valence electrons. The number of halogens is 1. The number of urea groups is 1. The van der Waals surface area contributed by atoms with Crippen LogP contribution in [0, 0.1) is 0 Å². The van der Waals surface area contributed by atoms with Crippen molar-refractivity contribution in [3.05, 3.63) is 29.3 Å². The molecular weight excluding hydrogens is 332 g/mol. The number of carbonyl (C=O) groups excluding carboxylic acids is 3. The SMILES string of the molecule is CN1CCN(CC(=O)N[C@@H]2CC(=O)N(c3cccc(Cl)c3)C2)C1=O. The zero-order valence-corrected chi connectivity index (χ0v) is 14.1. The van der Waals surface area contributed by atoms with Gasteiger partial charge in [0.05, 0.1) is 6.04 Å². The summed E-state index contributed by atoms with van der Waals surface area (Å²) in [6, 6.07) is 6.66. The van der Waals surface area contributed by atoms with Gasteiger partial charge in [-0.3, -0.25) is 9.59 Å². The predicted octanol–water partition coefficient (Wildman–Crippen LogP) is 0.929. The molecule has 3 rings (SSSR count). The van der Waals surface area contributed by atoms with Gasteiger partial charge in [0.15, 0.2) is 0 Å². The van der Waals surface area contributed by atoms with Gasteiger partial charge in [-0.15, -0.1) is 0 Å². The molecule has 8 heteroatoms. The number of nitrogens with zero attached hydrogens (tertiary/aromatic N) is 3. The molecule has 1 N–H and O–H groups in total. The number of likely N-dealkylation sites (N-methyl/N-ethyl adjacent to an activating group) is 1. The van der Waals surface area contributed by atoms with E-state index in [1.807, 2.05) is 6.07 Å². The normalized spacial score (nSPS) is 20.9. The van der Waals surface area contributed by atoms with Crippen LogP contribution in [0.2, 0.25) is 5.02 Å². The molecule has 4 amide bonds. The summed E-state index contributed by atoms with van der Waals surface area (Å²) in [6.07, 6.45) is 0.242. The molecule has 0 aromatic heterocycles. The van der Waals surface area contributed by atoms with Crippen LogP contribution in [0.4, 0.5) is 10.5 Å². The second kappa shape index (κ2) is 6.68. The van der Waals surface area contributed by atoms with E-state index in [0.29, 0.717) is 24.7 Å². The minimum atomic E-state index is -0.264. The number of rotatable bonds is 4. The molecule has 0 aliphatic carbocycles. The van der Waals surface area contributed by atoms with Gasteiger partial charge in [-0.05, 0) is 18.2 Å². The summed E-state index contributed by atoms with van der Waals surface area (Å²) >= 11 is 5.96. The van der Waals surface area contributed by atoms with Gasteiger partial charge in [0.25, 0.3) is 0 Å². The monoisotopic (exact) mass is 350 g/mol. The van der Waals surface area contributed by atoms with Crippen molar-refractivity contribution in [2.75, 3.05) is 38.1 Å². The summed E-state index contributed by atoms with van der Waals surface area (Å²) in [5, 5.41) is 3.40. The Morgan fingerprint density at radius 3 is 2.79 bits per heavy atom. The average Bonchev–Trinajstić information content (AvgIpc) is 3.04. The molecule has 0 saturated carbocycles. The molecule has 0 radical (unpaired) electrons. The summed E-state index contributed by atoms with van der Waals surface area (Å²) < 4.78 is 0. The van der Waals surface area contributed by atoms with Crippen molar-refractivity contribution in [3.63, 3.8) is 0 Å².